The molecule has 0 spiro atoms. The van der Waals surface area contributed by atoms with Crippen molar-refractivity contribution >= 4 is 11.6 Å². The molecule has 1 saturated carbocycles. The predicted octanol–water partition coefficient (Wildman–Crippen LogP) is 3.38. The van der Waals surface area contributed by atoms with E-state index >= 15 is 0 Å². The van der Waals surface area contributed by atoms with Crippen LogP contribution in [0.1, 0.15) is 38.5 Å². The second kappa shape index (κ2) is 7.38. The summed E-state index contributed by atoms with van der Waals surface area (Å²) in [6.07, 6.45) is 5.09. The largest absolute Gasteiger partial charge is 0.371 e. The average molecular weight is 347 g/mol. The Balaban J connectivity index is 1.54. The monoisotopic (exact) mass is 347 g/mol. The zero-order valence-electron chi connectivity index (χ0n) is 14.2. The first-order chi connectivity index (χ1) is 12.0. The fourth-order valence-corrected chi connectivity index (χ4v) is 3.87. The molecular weight excluding hydrogens is 324 g/mol. The molecule has 6 heteroatoms. The highest BCUT2D eigenvalue weighted by Gasteiger charge is 2.40. The topological polar surface area (TPSA) is 56.1 Å². The Kier molecular flexibility index (Phi) is 5.22. The number of nitriles is 1. The van der Waals surface area contributed by atoms with Crippen LogP contribution in [0.4, 0.5) is 14.5 Å². The lowest BCUT2D eigenvalue weighted by Gasteiger charge is -2.29. The third-order valence-corrected chi connectivity index (χ3v) is 5.46. The van der Waals surface area contributed by atoms with Gasteiger partial charge in [0.1, 0.15) is 5.41 Å². The van der Waals surface area contributed by atoms with Gasteiger partial charge in [0.25, 0.3) is 0 Å². The van der Waals surface area contributed by atoms with Gasteiger partial charge in [-0.25, -0.2) is 8.78 Å². The van der Waals surface area contributed by atoms with Crippen molar-refractivity contribution in [3.8, 4) is 6.07 Å². The van der Waals surface area contributed by atoms with Crippen LogP contribution in [0.5, 0.6) is 0 Å². The number of benzene rings is 1. The predicted molar refractivity (Wildman–Crippen MR) is 90.8 cm³/mol. The second-order valence-electron chi connectivity index (χ2n) is 7.16. The highest BCUT2D eigenvalue weighted by atomic mass is 19.2. The molecule has 1 saturated heterocycles. The van der Waals surface area contributed by atoms with E-state index in [0.717, 1.165) is 38.3 Å². The third kappa shape index (κ3) is 3.76. The van der Waals surface area contributed by atoms with Gasteiger partial charge in [-0.3, -0.25) is 4.79 Å². The Morgan fingerprint density at radius 3 is 2.72 bits per heavy atom. The smallest absolute Gasteiger partial charge is 0.240 e. The van der Waals surface area contributed by atoms with Gasteiger partial charge >= 0.3 is 0 Å². The summed E-state index contributed by atoms with van der Waals surface area (Å²) < 4.78 is 26.4. The van der Waals surface area contributed by atoms with Gasteiger partial charge in [-0.1, -0.05) is 19.3 Å². The van der Waals surface area contributed by atoms with E-state index in [0.29, 0.717) is 31.6 Å². The molecule has 25 heavy (non-hydrogen) atoms. The maximum absolute atomic E-state index is 13.4. The zero-order valence-corrected chi connectivity index (χ0v) is 14.2. The van der Waals surface area contributed by atoms with Crippen LogP contribution < -0.4 is 10.2 Å². The molecule has 0 unspecified atom stereocenters. The number of nitrogens with zero attached hydrogens (tertiary/aromatic N) is 2. The first kappa shape index (κ1) is 17.7. The van der Waals surface area contributed by atoms with Gasteiger partial charge in [0.05, 0.1) is 6.07 Å². The minimum atomic E-state index is -0.864. The minimum Gasteiger partial charge on any atom is -0.371 e. The Bertz CT molecular complexity index is 680. The molecular formula is C19H23F2N3O. The van der Waals surface area contributed by atoms with Crippen molar-refractivity contribution in [1.29, 1.82) is 5.26 Å². The molecule has 1 N–H and O–H groups in total. The number of halogens is 2. The molecule has 1 heterocycles. The van der Waals surface area contributed by atoms with Crippen LogP contribution in [-0.2, 0) is 4.79 Å². The van der Waals surface area contributed by atoms with E-state index < -0.39 is 17.0 Å². The molecule has 134 valence electrons. The number of amides is 1. The molecule has 1 aromatic rings. The van der Waals surface area contributed by atoms with E-state index in [9.17, 15) is 18.8 Å². The maximum Gasteiger partial charge on any atom is 0.240 e. The SMILES string of the molecule is N#CC1(C(=O)NC[C@@H]2CCN(c3ccc(F)c(F)c3)C2)CCCCC1. The number of anilines is 1. The summed E-state index contributed by atoms with van der Waals surface area (Å²) in [4.78, 5) is 14.5. The Morgan fingerprint density at radius 1 is 1.28 bits per heavy atom. The van der Waals surface area contributed by atoms with Crippen molar-refractivity contribution in [3.63, 3.8) is 0 Å². The number of hydrogen-bond acceptors (Lipinski definition) is 3. The number of carbonyl (C=O) groups excluding carboxylic acids is 1. The van der Waals surface area contributed by atoms with Crippen LogP contribution in [-0.4, -0.2) is 25.5 Å². The highest BCUT2D eigenvalue weighted by Crippen LogP contribution is 2.36. The van der Waals surface area contributed by atoms with Crippen LogP contribution >= 0.6 is 0 Å². The standard InChI is InChI=1S/C19H23F2N3O/c20-16-5-4-15(10-17(16)21)24-9-6-14(12-24)11-23-18(25)19(13-22)7-2-1-3-8-19/h4-5,10,14H,1-3,6-9,11-12H2,(H,23,25)/t14-/m0/s1. The van der Waals surface area contributed by atoms with Gasteiger partial charge in [-0.15, -0.1) is 0 Å². The Hall–Kier alpha value is -2.16. The van der Waals surface area contributed by atoms with Gasteiger partial charge in [0.15, 0.2) is 11.6 Å². The van der Waals surface area contributed by atoms with E-state index in [1.165, 1.54) is 6.07 Å². The van der Waals surface area contributed by atoms with Gasteiger partial charge < -0.3 is 10.2 Å². The molecule has 1 aliphatic carbocycles. The van der Waals surface area contributed by atoms with Crippen molar-refractivity contribution in [2.24, 2.45) is 11.3 Å². The van der Waals surface area contributed by atoms with Crippen molar-refractivity contribution in [2.45, 2.75) is 38.5 Å². The van der Waals surface area contributed by atoms with E-state index in [1.54, 1.807) is 6.07 Å². The summed E-state index contributed by atoms with van der Waals surface area (Å²) in [5, 5.41) is 12.4. The fourth-order valence-electron chi connectivity index (χ4n) is 3.87. The summed E-state index contributed by atoms with van der Waals surface area (Å²) in [7, 11) is 0. The van der Waals surface area contributed by atoms with E-state index in [4.69, 9.17) is 0 Å². The van der Waals surface area contributed by atoms with Crippen molar-refractivity contribution < 1.29 is 13.6 Å². The van der Waals surface area contributed by atoms with Crippen LogP contribution in [0.3, 0.4) is 0 Å². The van der Waals surface area contributed by atoms with Crippen LogP contribution in [0.15, 0.2) is 18.2 Å². The third-order valence-electron chi connectivity index (χ3n) is 5.46. The lowest BCUT2D eigenvalue weighted by atomic mass is 9.74. The van der Waals surface area contributed by atoms with Crippen LogP contribution in [0.25, 0.3) is 0 Å². The summed E-state index contributed by atoms with van der Waals surface area (Å²) in [6, 6.07) is 6.16. The number of hydrogen-bond donors (Lipinski definition) is 1. The first-order valence-corrected chi connectivity index (χ1v) is 8.94. The molecule has 4 nitrogen and oxygen atoms in total. The number of carbonyl (C=O) groups is 1. The zero-order chi connectivity index (χ0) is 17.9. The average Bonchev–Trinajstić information content (AvgIpc) is 3.11. The number of rotatable bonds is 4. The molecule has 1 aromatic carbocycles. The molecule has 1 aliphatic heterocycles. The molecule has 1 amide bonds. The molecule has 0 aromatic heterocycles. The first-order valence-electron chi connectivity index (χ1n) is 8.94. The molecule has 1 atom stereocenters. The van der Waals surface area contributed by atoms with Crippen molar-refractivity contribution in [1.82, 2.24) is 5.32 Å². The van der Waals surface area contributed by atoms with Gasteiger partial charge in [-0.2, -0.15) is 5.26 Å². The maximum atomic E-state index is 13.4. The van der Waals surface area contributed by atoms with Crippen molar-refractivity contribution in [2.75, 3.05) is 24.5 Å². The van der Waals surface area contributed by atoms with Crippen LogP contribution in [0.2, 0.25) is 0 Å². The summed E-state index contributed by atoms with van der Waals surface area (Å²) >= 11 is 0. The summed E-state index contributed by atoms with van der Waals surface area (Å²) in [6.45, 7) is 1.95. The molecule has 2 aliphatic rings. The van der Waals surface area contributed by atoms with Crippen molar-refractivity contribution in [3.05, 3.63) is 29.8 Å². The quantitative estimate of drug-likeness (QED) is 0.908. The Labute approximate surface area is 146 Å². The van der Waals surface area contributed by atoms with Gasteiger partial charge in [-0.05, 0) is 37.3 Å². The minimum absolute atomic E-state index is 0.152. The summed E-state index contributed by atoms with van der Waals surface area (Å²) in [5.41, 5.74) is -0.204. The van der Waals surface area contributed by atoms with E-state index in [1.807, 2.05) is 4.90 Å². The number of nitrogens with one attached hydrogen (secondary N) is 1. The molecule has 2 fully saturated rings. The van der Waals surface area contributed by atoms with Gasteiger partial charge in [0.2, 0.25) is 5.91 Å². The normalized spacial score (nSPS) is 22.4. The molecule has 0 radical (unpaired) electrons. The van der Waals surface area contributed by atoms with Crippen LogP contribution in [0, 0.1) is 34.3 Å². The molecule has 3 rings (SSSR count). The van der Waals surface area contributed by atoms with E-state index in [-0.39, 0.29) is 11.8 Å². The van der Waals surface area contributed by atoms with E-state index in [2.05, 4.69) is 11.4 Å². The fraction of sp³-hybridized carbons (Fsp3) is 0.579. The lowest BCUT2D eigenvalue weighted by molar-refractivity contribution is -0.129. The lowest BCUT2D eigenvalue weighted by Crippen LogP contribution is -2.43. The summed E-state index contributed by atoms with van der Waals surface area (Å²) in [5.74, 6) is -1.60. The highest BCUT2D eigenvalue weighted by molar-refractivity contribution is 5.85. The van der Waals surface area contributed by atoms with Gasteiger partial charge in [0, 0.05) is 31.4 Å². The Morgan fingerprint density at radius 2 is 2.04 bits per heavy atom. The molecule has 0 bridgehead atoms. The second-order valence-corrected chi connectivity index (χ2v) is 7.16.